The third kappa shape index (κ3) is 2.47. The Kier molecular flexibility index (Phi) is 3.76. The van der Waals surface area contributed by atoms with E-state index in [9.17, 15) is 4.79 Å². The standard InChI is InChI=1S/C16H18N6OS/c1-10-9-14-17-7-6-13(22(14)19-10)12-5-3-4-8-21(12)16(23)15-11(2)18-20-24-15/h6-7,9,12H,3-5,8H2,1-2H3/t12-/m1/s1. The topological polar surface area (TPSA) is 76.3 Å². The van der Waals surface area contributed by atoms with Crippen molar-refractivity contribution in [3.05, 3.63) is 40.3 Å². The summed E-state index contributed by atoms with van der Waals surface area (Å²) in [5.74, 6) is 0.0149. The van der Waals surface area contributed by atoms with E-state index in [0.29, 0.717) is 10.6 Å². The number of hydrogen-bond donors (Lipinski definition) is 0. The maximum Gasteiger partial charge on any atom is 0.268 e. The molecule has 0 saturated carbocycles. The fourth-order valence-electron chi connectivity index (χ4n) is 3.32. The fourth-order valence-corrected chi connectivity index (χ4v) is 3.93. The number of aryl methyl sites for hydroxylation is 2. The molecule has 0 aliphatic carbocycles. The summed E-state index contributed by atoms with van der Waals surface area (Å²) in [4.78, 5) is 20.0. The van der Waals surface area contributed by atoms with Gasteiger partial charge in [0.2, 0.25) is 0 Å². The van der Waals surface area contributed by atoms with Gasteiger partial charge in [0, 0.05) is 18.8 Å². The Balaban J connectivity index is 1.76. The summed E-state index contributed by atoms with van der Waals surface area (Å²) in [6.45, 7) is 4.52. The summed E-state index contributed by atoms with van der Waals surface area (Å²) in [6.07, 6.45) is 4.83. The number of carbonyl (C=O) groups excluding carboxylic acids is 1. The molecule has 7 nitrogen and oxygen atoms in total. The molecule has 0 unspecified atom stereocenters. The Morgan fingerprint density at radius 2 is 2.21 bits per heavy atom. The molecule has 8 heteroatoms. The van der Waals surface area contributed by atoms with Crippen molar-refractivity contribution in [2.75, 3.05) is 6.54 Å². The highest BCUT2D eigenvalue weighted by Crippen LogP contribution is 2.32. The molecule has 1 fully saturated rings. The fraction of sp³-hybridized carbons (Fsp3) is 0.438. The van der Waals surface area contributed by atoms with Crippen LogP contribution in [-0.4, -0.2) is 41.5 Å². The van der Waals surface area contributed by atoms with Gasteiger partial charge in [0.1, 0.15) is 4.88 Å². The summed E-state index contributed by atoms with van der Waals surface area (Å²) >= 11 is 1.17. The molecule has 0 spiro atoms. The van der Waals surface area contributed by atoms with Crippen molar-refractivity contribution in [1.29, 1.82) is 0 Å². The lowest BCUT2D eigenvalue weighted by atomic mass is 9.98. The number of aromatic nitrogens is 5. The maximum absolute atomic E-state index is 13.0. The number of piperidine rings is 1. The van der Waals surface area contributed by atoms with Crippen LogP contribution in [0.2, 0.25) is 0 Å². The van der Waals surface area contributed by atoms with Crippen LogP contribution in [-0.2, 0) is 0 Å². The number of amides is 1. The first-order chi connectivity index (χ1) is 11.6. The highest BCUT2D eigenvalue weighted by Gasteiger charge is 2.32. The van der Waals surface area contributed by atoms with Gasteiger partial charge in [0.25, 0.3) is 5.91 Å². The lowest BCUT2D eigenvalue weighted by Crippen LogP contribution is -2.39. The molecule has 1 saturated heterocycles. The minimum atomic E-state index is -0.00227. The first-order valence-electron chi connectivity index (χ1n) is 8.06. The summed E-state index contributed by atoms with van der Waals surface area (Å²) < 4.78 is 5.77. The van der Waals surface area contributed by atoms with Crippen molar-refractivity contribution in [3.8, 4) is 0 Å². The third-order valence-corrected chi connectivity index (χ3v) is 5.28. The molecule has 0 radical (unpaired) electrons. The van der Waals surface area contributed by atoms with E-state index >= 15 is 0 Å². The van der Waals surface area contributed by atoms with Crippen LogP contribution in [0.4, 0.5) is 0 Å². The number of carbonyl (C=O) groups is 1. The Morgan fingerprint density at radius 1 is 1.33 bits per heavy atom. The molecule has 0 bridgehead atoms. The van der Waals surface area contributed by atoms with E-state index in [4.69, 9.17) is 0 Å². The largest absolute Gasteiger partial charge is 0.329 e. The molecule has 0 N–H and O–H groups in total. The Hall–Kier alpha value is -2.35. The van der Waals surface area contributed by atoms with Gasteiger partial charge in [0.05, 0.1) is 23.1 Å². The molecule has 1 amide bonds. The zero-order valence-corrected chi connectivity index (χ0v) is 14.5. The summed E-state index contributed by atoms with van der Waals surface area (Å²) in [5.41, 5.74) is 3.45. The van der Waals surface area contributed by atoms with Crippen LogP contribution in [0.1, 0.15) is 52.1 Å². The van der Waals surface area contributed by atoms with Gasteiger partial charge in [0.15, 0.2) is 5.65 Å². The van der Waals surface area contributed by atoms with E-state index in [0.717, 1.165) is 42.8 Å². The van der Waals surface area contributed by atoms with Crippen LogP contribution in [0.3, 0.4) is 0 Å². The number of hydrogen-bond acceptors (Lipinski definition) is 6. The van der Waals surface area contributed by atoms with E-state index in [2.05, 4.69) is 19.7 Å². The number of nitrogens with zero attached hydrogens (tertiary/aromatic N) is 6. The van der Waals surface area contributed by atoms with Gasteiger partial charge in [-0.25, -0.2) is 9.50 Å². The monoisotopic (exact) mass is 342 g/mol. The SMILES string of the molecule is Cc1cc2nccc([C@H]3CCCCN3C(=O)c3snnc3C)n2n1. The van der Waals surface area contributed by atoms with Crippen molar-refractivity contribution >= 4 is 23.1 Å². The molecule has 0 aromatic carbocycles. The number of fused-ring (bicyclic) bond motifs is 1. The summed E-state index contributed by atoms with van der Waals surface area (Å²) in [5, 5.41) is 8.53. The van der Waals surface area contributed by atoms with E-state index in [1.807, 2.05) is 35.4 Å². The number of rotatable bonds is 2. The van der Waals surface area contributed by atoms with Gasteiger partial charge in [-0.15, -0.1) is 5.10 Å². The third-order valence-electron chi connectivity index (χ3n) is 4.46. The van der Waals surface area contributed by atoms with Crippen molar-refractivity contribution in [1.82, 2.24) is 29.1 Å². The van der Waals surface area contributed by atoms with Gasteiger partial charge in [-0.3, -0.25) is 4.79 Å². The Labute approximate surface area is 143 Å². The van der Waals surface area contributed by atoms with Gasteiger partial charge in [-0.2, -0.15) is 5.10 Å². The normalized spacial score (nSPS) is 18.2. The van der Waals surface area contributed by atoms with Crippen molar-refractivity contribution < 1.29 is 4.79 Å². The molecule has 3 aromatic heterocycles. The van der Waals surface area contributed by atoms with Gasteiger partial charge in [-0.1, -0.05) is 4.49 Å². The molecule has 24 heavy (non-hydrogen) atoms. The van der Waals surface area contributed by atoms with Crippen LogP contribution < -0.4 is 0 Å². The van der Waals surface area contributed by atoms with Crippen molar-refractivity contribution in [3.63, 3.8) is 0 Å². The number of likely N-dealkylation sites (tertiary alicyclic amines) is 1. The van der Waals surface area contributed by atoms with Crippen LogP contribution >= 0.6 is 11.5 Å². The van der Waals surface area contributed by atoms with E-state index in [-0.39, 0.29) is 11.9 Å². The lowest BCUT2D eigenvalue weighted by molar-refractivity contribution is 0.0607. The quantitative estimate of drug-likeness (QED) is 0.715. The smallest absolute Gasteiger partial charge is 0.268 e. The molecule has 124 valence electrons. The molecule has 1 atom stereocenters. The second-order valence-corrected chi connectivity index (χ2v) is 6.88. The Bertz CT molecular complexity index is 901. The van der Waals surface area contributed by atoms with Crippen LogP contribution in [0.25, 0.3) is 5.65 Å². The maximum atomic E-state index is 13.0. The van der Waals surface area contributed by atoms with Crippen molar-refractivity contribution in [2.24, 2.45) is 0 Å². The predicted molar refractivity (Wildman–Crippen MR) is 90.0 cm³/mol. The average molecular weight is 342 g/mol. The van der Waals surface area contributed by atoms with E-state index < -0.39 is 0 Å². The molecular formula is C16H18N6OS. The Morgan fingerprint density at radius 3 is 3.00 bits per heavy atom. The van der Waals surface area contributed by atoms with Gasteiger partial charge >= 0.3 is 0 Å². The zero-order valence-electron chi connectivity index (χ0n) is 13.6. The second kappa shape index (κ2) is 5.94. The lowest BCUT2D eigenvalue weighted by Gasteiger charge is -2.35. The van der Waals surface area contributed by atoms with Gasteiger partial charge in [-0.05, 0) is 50.7 Å². The predicted octanol–water partition coefficient (Wildman–Crippen LogP) is 2.57. The highest BCUT2D eigenvalue weighted by atomic mass is 32.1. The highest BCUT2D eigenvalue weighted by molar-refractivity contribution is 7.07. The second-order valence-electron chi connectivity index (χ2n) is 6.12. The average Bonchev–Trinajstić information content (AvgIpc) is 3.18. The van der Waals surface area contributed by atoms with E-state index in [1.54, 1.807) is 6.20 Å². The molecule has 4 rings (SSSR count). The molecule has 1 aliphatic rings. The summed E-state index contributed by atoms with van der Waals surface area (Å²) in [7, 11) is 0. The minimum absolute atomic E-state index is 0.00227. The first-order valence-corrected chi connectivity index (χ1v) is 8.83. The zero-order chi connectivity index (χ0) is 16.7. The van der Waals surface area contributed by atoms with Crippen LogP contribution in [0, 0.1) is 13.8 Å². The molecule has 4 heterocycles. The van der Waals surface area contributed by atoms with E-state index in [1.165, 1.54) is 11.5 Å². The molecule has 3 aromatic rings. The molecule has 1 aliphatic heterocycles. The van der Waals surface area contributed by atoms with Crippen LogP contribution in [0.15, 0.2) is 18.3 Å². The summed E-state index contributed by atoms with van der Waals surface area (Å²) in [6, 6.07) is 3.92. The van der Waals surface area contributed by atoms with Crippen LogP contribution in [0.5, 0.6) is 0 Å². The van der Waals surface area contributed by atoms with Gasteiger partial charge < -0.3 is 4.90 Å². The first kappa shape index (κ1) is 15.2. The van der Waals surface area contributed by atoms with Crippen molar-refractivity contribution in [2.45, 2.75) is 39.2 Å². The molecular weight excluding hydrogens is 324 g/mol. The minimum Gasteiger partial charge on any atom is -0.329 e.